The van der Waals surface area contributed by atoms with E-state index < -0.39 is 0 Å². The van der Waals surface area contributed by atoms with Crippen LogP contribution < -0.4 is 0 Å². The molecule has 0 fully saturated rings. The summed E-state index contributed by atoms with van der Waals surface area (Å²) in [4.78, 5) is 8.48. The maximum atomic E-state index is 4.46. The topological polar surface area (TPSA) is 25.8 Å². The highest BCUT2D eigenvalue weighted by Crippen LogP contribution is 2.18. The average molecular weight is 219 g/mol. The van der Waals surface area contributed by atoms with E-state index in [9.17, 15) is 0 Å². The monoisotopic (exact) mass is 219 g/mol. The van der Waals surface area contributed by atoms with Crippen LogP contribution in [0.25, 0.3) is 10.8 Å². The molecule has 0 saturated carbocycles. The molecular weight excluding hydrogens is 208 g/mol. The Balaban J connectivity index is 2.06. The van der Waals surface area contributed by atoms with Crippen LogP contribution in [0.5, 0.6) is 0 Å². The van der Waals surface area contributed by atoms with Gasteiger partial charge in [-0.05, 0) is 35.2 Å². The lowest BCUT2D eigenvalue weighted by atomic mass is 10.0. The first-order chi connectivity index (χ1) is 8.43. The molecule has 0 N–H and O–H groups in total. The van der Waals surface area contributed by atoms with Crippen LogP contribution in [0.3, 0.4) is 0 Å². The van der Waals surface area contributed by atoms with E-state index in [0.717, 1.165) is 17.5 Å². The van der Waals surface area contributed by atoms with Crippen molar-refractivity contribution in [3.63, 3.8) is 0 Å². The third-order valence-corrected chi connectivity index (χ3v) is 2.79. The molecule has 0 unspecified atom stereocenters. The van der Waals surface area contributed by atoms with Crippen LogP contribution in [0.15, 0.2) is 55.0 Å². The molecule has 2 heterocycles. The van der Waals surface area contributed by atoms with Crippen molar-refractivity contribution in [2.45, 2.75) is 6.42 Å². The van der Waals surface area contributed by atoms with E-state index in [-0.39, 0.29) is 0 Å². The van der Waals surface area contributed by atoms with Crippen LogP contribution in [-0.4, -0.2) is 9.97 Å². The first-order valence-electron chi connectivity index (χ1n) is 5.57. The molecule has 17 heavy (non-hydrogen) atoms. The largest absolute Gasteiger partial charge is 0.265 e. The van der Waals surface area contributed by atoms with Crippen LogP contribution >= 0.6 is 0 Å². The lowest BCUT2D eigenvalue weighted by molar-refractivity contribution is 1.09. The molecule has 1 aromatic carbocycles. The number of fused-ring (bicyclic) bond motifs is 1. The second-order valence-corrected chi connectivity index (χ2v) is 3.92. The Kier molecular flexibility index (Phi) is 2.54. The van der Waals surface area contributed by atoms with Gasteiger partial charge in [0, 0.05) is 30.4 Å². The molecule has 81 valence electrons. The lowest BCUT2D eigenvalue weighted by Crippen LogP contribution is -1.93. The van der Waals surface area contributed by atoms with Gasteiger partial charge in [-0.15, -0.1) is 0 Å². The Morgan fingerprint density at radius 2 is 1.88 bits per heavy atom. The van der Waals surface area contributed by atoms with Crippen molar-refractivity contribution in [3.05, 3.63) is 72.3 Å². The molecule has 0 amide bonds. The summed E-state index contributed by atoms with van der Waals surface area (Å²) in [6, 6.07) is 15.3. The van der Waals surface area contributed by atoms with Gasteiger partial charge in [-0.1, -0.05) is 18.2 Å². The van der Waals surface area contributed by atoms with E-state index in [0.29, 0.717) is 0 Å². The fourth-order valence-electron chi connectivity index (χ4n) is 1.95. The van der Waals surface area contributed by atoms with E-state index in [2.05, 4.69) is 22.1 Å². The first-order valence-corrected chi connectivity index (χ1v) is 5.57. The van der Waals surface area contributed by atoms with Gasteiger partial charge >= 0.3 is 0 Å². The van der Waals surface area contributed by atoms with Gasteiger partial charge in [-0.25, -0.2) is 0 Å². The number of hydrogen-bond acceptors (Lipinski definition) is 2. The van der Waals surface area contributed by atoms with E-state index in [1.165, 1.54) is 10.9 Å². The zero-order chi connectivity index (χ0) is 11.5. The van der Waals surface area contributed by atoms with Gasteiger partial charge in [-0.2, -0.15) is 0 Å². The van der Waals surface area contributed by atoms with Crippen molar-refractivity contribution in [1.29, 1.82) is 0 Å². The maximum absolute atomic E-state index is 4.46. The molecule has 3 rings (SSSR count). The molecule has 2 heteroatoms. The average Bonchev–Trinajstić information content (AvgIpc) is 2.40. The molecule has 0 bridgehead atoms. The van der Waals surface area contributed by atoms with Crippen LogP contribution in [0.1, 0.15) is 11.3 Å². The summed E-state index contributed by atoms with van der Waals surface area (Å²) in [5.74, 6) is 0. The van der Waals surface area contributed by atoms with Crippen molar-refractivity contribution in [3.8, 4) is 0 Å². The summed E-state index contributed by atoms with van der Waals surface area (Å²) in [5, 5.41) is 2.29. The molecule has 0 spiro atoms. The number of pyridine rings is 2. The van der Waals surface area contributed by atoms with Gasteiger partial charge in [-0.3, -0.25) is 9.97 Å². The summed E-state index contributed by atoms with van der Waals surface area (Å²) in [6.45, 7) is 0. The highest BCUT2D eigenvalue weighted by atomic mass is 14.7. The smallest absolute Gasteiger partial charge is 0.0525 e. The zero-order valence-corrected chi connectivity index (χ0v) is 9.30. The summed E-state index contributed by atoms with van der Waals surface area (Å²) in [6.07, 6.45) is 6.30. The molecular formula is C15H11N2. The van der Waals surface area contributed by atoms with Crippen molar-refractivity contribution < 1.29 is 0 Å². The van der Waals surface area contributed by atoms with Crippen molar-refractivity contribution >= 4 is 10.8 Å². The SMILES string of the molecule is [c]1cccc2c(Cc3ccncc3)nccc12. The van der Waals surface area contributed by atoms with Crippen LogP contribution in [0.2, 0.25) is 0 Å². The van der Waals surface area contributed by atoms with Gasteiger partial charge in [0.25, 0.3) is 0 Å². The fourth-order valence-corrected chi connectivity index (χ4v) is 1.95. The summed E-state index contributed by atoms with van der Waals surface area (Å²) in [5.41, 5.74) is 2.31. The normalized spacial score (nSPS) is 10.6. The van der Waals surface area contributed by atoms with Gasteiger partial charge < -0.3 is 0 Å². The molecule has 0 aliphatic rings. The number of hydrogen-bond donors (Lipinski definition) is 0. The third-order valence-electron chi connectivity index (χ3n) is 2.79. The maximum Gasteiger partial charge on any atom is 0.0525 e. The molecule has 3 aromatic rings. The van der Waals surface area contributed by atoms with Gasteiger partial charge in [0.1, 0.15) is 0 Å². The van der Waals surface area contributed by atoms with E-state index in [1.807, 2.05) is 48.9 Å². The van der Waals surface area contributed by atoms with Gasteiger partial charge in [0.2, 0.25) is 0 Å². The Bertz CT molecular complexity index is 627. The molecule has 0 atom stereocenters. The van der Waals surface area contributed by atoms with Gasteiger partial charge in [0.15, 0.2) is 0 Å². The zero-order valence-electron chi connectivity index (χ0n) is 9.30. The van der Waals surface area contributed by atoms with Crippen LogP contribution in [0.4, 0.5) is 0 Å². The summed E-state index contributed by atoms with van der Waals surface area (Å²) < 4.78 is 0. The minimum absolute atomic E-state index is 0.831. The standard InChI is InChI=1S/C15H11N2/c1-2-4-14-13(3-1)7-10-17-15(14)11-12-5-8-16-9-6-12/h1-2,4-10H,11H2. The number of benzene rings is 1. The Labute approximate surface area is 100.0 Å². The number of nitrogens with zero attached hydrogens (tertiary/aromatic N) is 2. The third kappa shape index (κ3) is 2.02. The summed E-state index contributed by atoms with van der Waals surface area (Å²) >= 11 is 0. The minimum atomic E-state index is 0.831. The van der Waals surface area contributed by atoms with Crippen molar-refractivity contribution in [2.24, 2.45) is 0 Å². The predicted molar refractivity (Wildman–Crippen MR) is 67.6 cm³/mol. The fraction of sp³-hybridized carbons (Fsp3) is 0.0667. The van der Waals surface area contributed by atoms with Crippen molar-refractivity contribution in [1.82, 2.24) is 9.97 Å². The minimum Gasteiger partial charge on any atom is -0.265 e. The van der Waals surface area contributed by atoms with E-state index >= 15 is 0 Å². The molecule has 0 saturated heterocycles. The second kappa shape index (κ2) is 4.34. The molecule has 2 nitrogen and oxygen atoms in total. The highest BCUT2D eigenvalue weighted by Gasteiger charge is 2.02. The Hall–Kier alpha value is -2.22. The van der Waals surface area contributed by atoms with E-state index in [1.54, 1.807) is 0 Å². The van der Waals surface area contributed by atoms with E-state index in [4.69, 9.17) is 0 Å². The predicted octanol–water partition coefficient (Wildman–Crippen LogP) is 3.02. The Morgan fingerprint density at radius 1 is 1.00 bits per heavy atom. The number of aromatic nitrogens is 2. The summed E-state index contributed by atoms with van der Waals surface area (Å²) in [7, 11) is 0. The second-order valence-electron chi connectivity index (χ2n) is 3.92. The first kappa shape index (κ1) is 9.97. The molecule has 0 aliphatic carbocycles. The van der Waals surface area contributed by atoms with Crippen LogP contribution in [-0.2, 0) is 6.42 Å². The lowest BCUT2D eigenvalue weighted by Gasteiger charge is -2.04. The molecule has 1 radical (unpaired) electrons. The Morgan fingerprint density at radius 3 is 2.76 bits per heavy atom. The molecule has 0 aliphatic heterocycles. The highest BCUT2D eigenvalue weighted by molar-refractivity contribution is 5.83. The number of rotatable bonds is 2. The van der Waals surface area contributed by atoms with Crippen LogP contribution in [0, 0.1) is 6.07 Å². The van der Waals surface area contributed by atoms with Gasteiger partial charge in [0.05, 0.1) is 5.69 Å². The molecule has 2 aromatic heterocycles. The quantitative estimate of drug-likeness (QED) is 0.662. The van der Waals surface area contributed by atoms with Crippen molar-refractivity contribution in [2.75, 3.05) is 0 Å².